The maximum atomic E-state index is 6.17. The third-order valence-electron chi connectivity index (χ3n) is 5.98. The van der Waals surface area contributed by atoms with Crippen molar-refractivity contribution in [1.82, 2.24) is 9.80 Å². The molecule has 1 unspecified atom stereocenters. The molecule has 0 radical (unpaired) electrons. The van der Waals surface area contributed by atoms with E-state index in [1.165, 1.54) is 63.8 Å². The van der Waals surface area contributed by atoms with E-state index in [9.17, 15) is 0 Å². The van der Waals surface area contributed by atoms with E-state index in [4.69, 9.17) is 4.74 Å². The molecule has 126 valence electrons. The maximum absolute atomic E-state index is 6.17. The van der Waals surface area contributed by atoms with E-state index < -0.39 is 0 Å². The van der Waals surface area contributed by atoms with Gasteiger partial charge in [0.15, 0.2) is 0 Å². The van der Waals surface area contributed by atoms with Gasteiger partial charge in [-0.05, 0) is 37.3 Å². The standard InChI is InChI=1S/C20H30N2O/c1-2-6-18(7-3-1)14-21-11-8-19(15-21)16-22-12-13-23-20(17-22)9-4-5-10-20/h1-3,6-7,19H,4-5,8-17H2. The molecule has 1 aromatic rings. The van der Waals surface area contributed by atoms with Gasteiger partial charge in [-0.3, -0.25) is 9.80 Å². The van der Waals surface area contributed by atoms with Gasteiger partial charge < -0.3 is 4.74 Å². The third kappa shape index (κ3) is 3.78. The predicted molar refractivity (Wildman–Crippen MR) is 93.4 cm³/mol. The van der Waals surface area contributed by atoms with Gasteiger partial charge in [-0.25, -0.2) is 0 Å². The summed E-state index contributed by atoms with van der Waals surface area (Å²) < 4.78 is 6.17. The molecule has 3 heteroatoms. The lowest BCUT2D eigenvalue weighted by Crippen LogP contribution is -2.51. The van der Waals surface area contributed by atoms with Crippen LogP contribution in [0.2, 0.25) is 0 Å². The molecule has 2 heterocycles. The van der Waals surface area contributed by atoms with Crippen LogP contribution in [0.5, 0.6) is 0 Å². The number of rotatable bonds is 4. The number of hydrogen-bond donors (Lipinski definition) is 0. The second kappa shape index (κ2) is 6.92. The van der Waals surface area contributed by atoms with Gasteiger partial charge in [0, 0.05) is 32.7 Å². The Labute approximate surface area is 140 Å². The molecule has 3 fully saturated rings. The van der Waals surface area contributed by atoms with Crippen molar-refractivity contribution >= 4 is 0 Å². The molecular weight excluding hydrogens is 284 g/mol. The van der Waals surface area contributed by atoms with Crippen LogP contribution in [0.3, 0.4) is 0 Å². The van der Waals surface area contributed by atoms with Gasteiger partial charge in [0.2, 0.25) is 0 Å². The van der Waals surface area contributed by atoms with Gasteiger partial charge in [0.05, 0.1) is 12.2 Å². The first-order chi connectivity index (χ1) is 11.3. The van der Waals surface area contributed by atoms with Gasteiger partial charge in [-0.15, -0.1) is 0 Å². The second-order valence-corrected chi connectivity index (χ2v) is 7.85. The maximum Gasteiger partial charge on any atom is 0.0809 e. The van der Waals surface area contributed by atoms with E-state index >= 15 is 0 Å². The minimum Gasteiger partial charge on any atom is -0.372 e. The molecule has 2 aliphatic heterocycles. The minimum atomic E-state index is 0.223. The molecule has 3 aliphatic rings. The lowest BCUT2D eigenvalue weighted by atomic mass is 9.98. The van der Waals surface area contributed by atoms with Gasteiger partial charge >= 0.3 is 0 Å². The van der Waals surface area contributed by atoms with Crippen LogP contribution in [0.4, 0.5) is 0 Å². The zero-order valence-corrected chi connectivity index (χ0v) is 14.3. The van der Waals surface area contributed by atoms with Crippen molar-refractivity contribution in [2.75, 3.05) is 39.3 Å². The summed E-state index contributed by atoms with van der Waals surface area (Å²) in [5.41, 5.74) is 1.67. The summed E-state index contributed by atoms with van der Waals surface area (Å²) in [6, 6.07) is 10.9. The van der Waals surface area contributed by atoms with Crippen molar-refractivity contribution in [2.45, 2.75) is 44.2 Å². The van der Waals surface area contributed by atoms with E-state index in [0.717, 1.165) is 25.6 Å². The van der Waals surface area contributed by atoms with E-state index in [1.807, 2.05) is 0 Å². The molecule has 1 aliphatic carbocycles. The fourth-order valence-electron chi connectivity index (χ4n) is 4.81. The Kier molecular flexibility index (Phi) is 4.70. The smallest absolute Gasteiger partial charge is 0.0809 e. The highest BCUT2D eigenvalue weighted by Gasteiger charge is 2.39. The van der Waals surface area contributed by atoms with Crippen molar-refractivity contribution in [3.05, 3.63) is 35.9 Å². The van der Waals surface area contributed by atoms with E-state index in [0.29, 0.717) is 0 Å². The van der Waals surface area contributed by atoms with E-state index in [2.05, 4.69) is 40.1 Å². The van der Waals surface area contributed by atoms with Crippen LogP contribution in [-0.2, 0) is 11.3 Å². The molecule has 1 aromatic carbocycles. The molecular formula is C20H30N2O. The molecule has 3 nitrogen and oxygen atoms in total. The lowest BCUT2D eigenvalue weighted by Gasteiger charge is -2.41. The number of benzene rings is 1. The Morgan fingerprint density at radius 2 is 1.87 bits per heavy atom. The summed E-state index contributed by atoms with van der Waals surface area (Å²) in [7, 11) is 0. The first-order valence-electron chi connectivity index (χ1n) is 9.44. The molecule has 23 heavy (non-hydrogen) atoms. The largest absolute Gasteiger partial charge is 0.372 e. The summed E-state index contributed by atoms with van der Waals surface area (Å²) in [4.78, 5) is 5.33. The first-order valence-corrected chi connectivity index (χ1v) is 9.44. The summed E-state index contributed by atoms with van der Waals surface area (Å²) in [5.74, 6) is 0.843. The van der Waals surface area contributed by atoms with Crippen molar-refractivity contribution in [1.29, 1.82) is 0 Å². The van der Waals surface area contributed by atoms with Crippen molar-refractivity contribution < 1.29 is 4.74 Å². The number of likely N-dealkylation sites (tertiary alicyclic amines) is 1. The highest BCUT2D eigenvalue weighted by atomic mass is 16.5. The van der Waals surface area contributed by atoms with Gasteiger partial charge in [0.25, 0.3) is 0 Å². The normalized spacial score (nSPS) is 28.6. The van der Waals surface area contributed by atoms with Gasteiger partial charge in [-0.2, -0.15) is 0 Å². The summed E-state index contributed by atoms with van der Waals surface area (Å²) in [6.45, 7) is 8.18. The highest BCUT2D eigenvalue weighted by Crippen LogP contribution is 2.36. The average Bonchev–Trinajstić information content (AvgIpc) is 3.19. The molecule has 0 amide bonds. The molecule has 0 bridgehead atoms. The lowest BCUT2D eigenvalue weighted by molar-refractivity contribution is -0.107. The van der Waals surface area contributed by atoms with Crippen LogP contribution in [0.1, 0.15) is 37.7 Å². The Morgan fingerprint density at radius 1 is 1.04 bits per heavy atom. The van der Waals surface area contributed by atoms with Crippen LogP contribution in [0.25, 0.3) is 0 Å². The monoisotopic (exact) mass is 314 g/mol. The van der Waals surface area contributed by atoms with Crippen molar-refractivity contribution in [2.24, 2.45) is 5.92 Å². The second-order valence-electron chi connectivity index (χ2n) is 7.85. The zero-order valence-electron chi connectivity index (χ0n) is 14.3. The Balaban J connectivity index is 1.27. The van der Waals surface area contributed by atoms with Crippen LogP contribution in [0, 0.1) is 5.92 Å². The van der Waals surface area contributed by atoms with Gasteiger partial charge in [-0.1, -0.05) is 43.2 Å². The molecule has 4 rings (SSSR count). The Hall–Kier alpha value is -0.900. The van der Waals surface area contributed by atoms with Crippen LogP contribution in [0.15, 0.2) is 30.3 Å². The van der Waals surface area contributed by atoms with Gasteiger partial charge in [0.1, 0.15) is 0 Å². The quantitative estimate of drug-likeness (QED) is 0.849. The Morgan fingerprint density at radius 3 is 2.70 bits per heavy atom. The molecule has 1 atom stereocenters. The summed E-state index contributed by atoms with van der Waals surface area (Å²) in [5, 5.41) is 0. The number of nitrogens with zero attached hydrogens (tertiary/aromatic N) is 2. The number of ether oxygens (including phenoxy) is 1. The predicted octanol–water partition coefficient (Wildman–Crippen LogP) is 3.15. The molecule has 0 N–H and O–H groups in total. The molecule has 2 saturated heterocycles. The van der Waals surface area contributed by atoms with Crippen LogP contribution in [-0.4, -0.2) is 54.7 Å². The number of morpholine rings is 1. The average molecular weight is 314 g/mol. The molecule has 1 saturated carbocycles. The topological polar surface area (TPSA) is 15.7 Å². The highest BCUT2D eigenvalue weighted by molar-refractivity contribution is 5.14. The fourth-order valence-corrected chi connectivity index (χ4v) is 4.81. The van der Waals surface area contributed by atoms with E-state index in [-0.39, 0.29) is 5.60 Å². The first kappa shape index (κ1) is 15.6. The van der Waals surface area contributed by atoms with Crippen LogP contribution >= 0.6 is 0 Å². The molecule has 0 aromatic heterocycles. The summed E-state index contributed by atoms with van der Waals surface area (Å²) >= 11 is 0. The summed E-state index contributed by atoms with van der Waals surface area (Å²) in [6.07, 6.45) is 6.66. The van der Waals surface area contributed by atoms with Crippen molar-refractivity contribution in [3.63, 3.8) is 0 Å². The fraction of sp³-hybridized carbons (Fsp3) is 0.700. The van der Waals surface area contributed by atoms with E-state index in [1.54, 1.807) is 0 Å². The number of hydrogen-bond acceptors (Lipinski definition) is 3. The molecule has 1 spiro atoms. The van der Waals surface area contributed by atoms with Crippen LogP contribution < -0.4 is 0 Å². The minimum absolute atomic E-state index is 0.223. The third-order valence-corrected chi connectivity index (χ3v) is 5.98. The zero-order chi connectivity index (χ0) is 15.5. The van der Waals surface area contributed by atoms with Crippen molar-refractivity contribution in [3.8, 4) is 0 Å². The SMILES string of the molecule is c1ccc(CN2CCC(CN3CCOC4(CCCC4)C3)C2)cc1. The Bertz CT molecular complexity index is 498.